The highest BCUT2D eigenvalue weighted by Crippen LogP contribution is 2.45. The number of hydrogen-bond acceptors (Lipinski definition) is 4. The minimum absolute atomic E-state index is 0.0878. The summed E-state index contributed by atoms with van der Waals surface area (Å²) < 4.78 is 16.5. The van der Waals surface area contributed by atoms with Crippen molar-refractivity contribution < 1.29 is 19.0 Å². The van der Waals surface area contributed by atoms with E-state index < -0.39 is 6.10 Å². The van der Waals surface area contributed by atoms with Crippen LogP contribution in [0.25, 0.3) is 11.1 Å². The third-order valence-corrected chi connectivity index (χ3v) is 4.99. The predicted octanol–water partition coefficient (Wildman–Crippen LogP) is 4.21. The van der Waals surface area contributed by atoms with E-state index in [-0.39, 0.29) is 18.2 Å². The topological polar surface area (TPSA) is 48.1 Å². The van der Waals surface area contributed by atoms with E-state index in [0.717, 1.165) is 41.7 Å². The Kier molecular flexibility index (Phi) is 4.22. The van der Waals surface area contributed by atoms with Gasteiger partial charge in [-0.3, -0.25) is 0 Å². The molecule has 4 nitrogen and oxygen atoms in total. The molecule has 1 saturated carbocycles. The van der Waals surface area contributed by atoms with Gasteiger partial charge in [0.2, 0.25) is 0 Å². The SMILES string of the molecule is COc1ccc(C2OC2C(=O)OC2CCC2)c(-c2ccc(C)cc2)c1. The third-order valence-electron chi connectivity index (χ3n) is 4.99. The quantitative estimate of drug-likeness (QED) is 0.605. The van der Waals surface area contributed by atoms with Crippen molar-refractivity contribution in [3.63, 3.8) is 0 Å². The van der Waals surface area contributed by atoms with Crippen LogP contribution in [0.15, 0.2) is 42.5 Å². The Balaban J connectivity index is 1.59. The molecule has 2 unspecified atom stereocenters. The fourth-order valence-electron chi connectivity index (χ4n) is 3.14. The van der Waals surface area contributed by atoms with Crippen LogP contribution in [-0.2, 0) is 14.3 Å². The maximum absolute atomic E-state index is 12.2. The summed E-state index contributed by atoms with van der Waals surface area (Å²) in [5, 5.41) is 0. The van der Waals surface area contributed by atoms with Crippen molar-refractivity contribution in [2.24, 2.45) is 0 Å². The van der Waals surface area contributed by atoms with Gasteiger partial charge in [0.15, 0.2) is 6.10 Å². The highest BCUT2D eigenvalue weighted by atomic mass is 16.6. The van der Waals surface area contributed by atoms with Gasteiger partial charge in [0.1, 0.15) is 18.0 Å². The number of carbonyl (C=O) groups excluding carboxylic acids is 1. The Morgan fingerprint density at radius 2 is 1.88 bits per heavy atom. The van der Waals surface area contributed by atoms with Crippen molar-refractivity contribution in [1.82, 2.24) is 0 Å². The molecule has 1 heterocycles. The van der Waals surface area contributed by atoms with Crippen LogP contribution in [0.2, 0.25) is 0 Å². The molecule has 2 aliphatic rings. The van der Waals surface area contributed by atoms with Crippen molar-refractivity contribution in [2.75, 3.05) is 7.11 Å². The second-order valence-electron chi connectivity index (χ2n) is 6.79. The van der Waals surface area contributed by atoms with E-state index in [1.54, 1.807) is 7.11 Å². The smallest absolute Gasteiger partial charge is 0.338 e. The first-order valence-electron chi connectivity index (χ1n) is 8.76. The summed E-state index contributed by atoms with van der Waals surface area (Å²) in [6, 6.07) is 14.2. The summed E-state index contributed by atoms with van der Waals surface area (Å²) in [6.45, 7) is 2.06. The van der Waals surface area contributed by atoms with Crippen LogP contribution in [0.3, 0.4) is 0 Å². The van der Waals surface area contributed by atoms with Crippen molar-refractivity contribution in [3.8, 4) is 16.9 Å². The lowest BCUT2D eigenvalue weighted by Crippen LogP contribution is -2.27. The molecule has 0 spiro atoms. The Morgan fingerprint density at radius 1 is 1.12 bits per heavy atom. The summed E-state index contributed by atoms with van der Waals surface area (Å²) in [5.74, 6) is 0.550. The molecule has 1 aliphatic heterocycles. The maximum atomic E-state index is 12.2. The summed E-state index contributed by atoms with van der Waals surface area (Å²) in [5.41, 5.74) is 4.32. The van der Waals surface area contributed by atoms with Crippen LogP contribution >= 0.6 is 0 Å². The monoisotopic (exact) mass is 338 g/mol. The van der Waals surface area contributed by atoms with Crippen molar-refractivity contribution in [3.05, 3.63) is 53.6 Å². The third kappa shape index (κ3) is 3.27. The number of benzene rings is 2. The van der Waals surface area contributed by atoms with Crippen LogP contribution < -0.4 is 4.74 Å². The van der Waals surface area contributed by atoms with Crippen molar-refractivity contribution in [2.45, 2.75) is 44.5 Å². The van der Waals surface area contributed by atoms with E-state index >= 15 is 0 Å². The van der Waals surface area contributed by atoms with E-state index in [0.29, 0.717) is 0 Å². The molecule has 2 fully saturated rings. The zero-order valence-electron chi connectivity index (χ0n) is 14.5. The summed E-state index contributed by atoms with van der Waals surface area (Å²) in [4.78, 5) is 12.2. The van der Waals surface area contributed by atoms with Gasteiger partial charge in [-0.25, -0.2) is 4.79 Å². The average molecular weight is 338 g/mol. The lowest BCUT2D eigenvalue weighted by molar-refractivity contribution is -0.154. The molecule has 4 heteroatoms. The van der Waals surface area contributed by atoms with Gasteiger partial charge in [-0.2, -0.15) is 0 Å². The largest absolute Gasteiger partial charge is 0.497 e. The number of carbonyl (C=O) groups is 1. The highest BCUT2D eigenvalue weighted by molar-refractivity contribution is 5.80. The molecule has 1 aliphatic carbocycles. The van der Waals surface area contributed by atoms with Gasteiger partial charge >= 0.3 is 5.97 Å². The van der Waals surface area contributed by atoms with Crippen molar-refractivity contribution >= 4 is 5.97 Å². The number of hydrogen-bond donors (Lipinski definition) is 0. The molecule has 130 valence electrons. The van der Waals surface area contributed by atoms with Gasteiger partial charge < -0.3 is 14.2 Å². The molecule has 2 atom stereocenters. The van der Waals surface area contributed by atoms with E-state index in [1.807, 2.05) is 18.2 Å². The Labute approximate surface area is 147 Å². The Hall–Kier alpha value is -2.33. The van der Waals surface area contributed by atoms with E-state index in [4.69, 9.17) is 14.2 Å². The Morgan fingerprint density at radius 3 is 2.52 bits per heavy atom. The van der Waals surface area contributed by atoms with Gasteiger partial charge in [0, 0.05) is 0 Å². The second-order valence-corrected chi connectivity index (χ2v) is 6.79. The standard InChI is InChI=1S/C21H22O4/c1-13-6-8-14(9-7-13)18-12-16(23-2)10-11-17(18)19-20(25-19)21(22)24-15-4-3-5-15/h6-12,15,19-20H,3-5H2,1-2H3. The van der Waals surface area contributed by atoms with E-state index in [2.05, 4.69) is 31.2 Å². The number of methoxy groups -OCH3 is 1. The van der Waals surface area contributed by atoms with E-state index in [1.165, 1.54) is 5.56 Å². The first-order chi connectivity index (χ1) is 12.2. The highest BCUT2D eigenvalue weighted by Gasteiger charge is 2.49. The molecule has 4 rings (SSSR count). The fraction of sp³-hybridized carbons (Fsp3) is 0.381. The first kappa shape index (κ1) is 16.2. The Bertz CT molecular complexity index is 777. The van der Waals surface area contributed by atoms with Crippen LogP contribution in [-0.4, -0.2) is 25.3 Å². The predicted molar refractivity (Wildman–Crippen MR) is 94.5 cm³/mol. The molecule has 2 aromatic rings. The lowest BCUT2D eigenvalue weighted by Gasteiger charge is -2.24. The molecule has 25 heavy (non-hydrogen) atoms. The summed E-state index contributed by atoms with van der Waals surface area (Å²) >= 11 is 0. The molecule has 0 amide bonds. The lowest BCUT2D eigenvalue weighted by atomic mass is 9.95. The van der Waals surface area contributed by atoms with Gasteiger partial charge in [-0.1, -0.05) is 35.9 Å². The molecule has 2 aromatic carbocycles. The molecule has 1 saturated heterocycles. The van der Waals surface area contributed by atoms with Gasteiger partial charge in [-0.15, -0.1) is 0 Å². The van der Waals surface area contributed by atoms with Crippen LogP contribution in [0.4, 0.5) is 0 Å². The fourth-order valence-corrected chi connectivity index (χ4v) is 3.14. The van der Waals surface area contributed by atoms with Crippen molar-refractivity contribution in [1.29, 1.82) is 0 Å². The number of ether oxygens (including phenoxy) is 3. The number of aryl methyl sites for hydroxylation is 1. The molecule has 0 bridgehead atoms. The molecule has 0 N–H and O–H groups in total. The van der Waals surface area contributed by atoms with Gasteiger partial charge in [-0.05, 0) is 55.0 Å². The minimum Gasteiger partial charge on any atom is -0.497 e. The zero-order chi connectivity index (χ0) is 17.4. The van der Waals surface area contributed by atoms with Crippen LogP contribution in [0.1, 0.15) is 36.5 Å². The van der Waals surface area contributed by atoms with Gasteiger partial charge in [0.25, 0.3) is 0 Å². The summed E-state index contributed by atoms with van der Waals surface area (Å²) in [6.07, 6.45) is 2.45. The molecule has 0 aromatic heterocycles. The summed E-state index contributed by atoms with van der Waals surface area (Å²) in [7, 11) is 1.65. The molecular weight excluding hydrogens is 316 g/mol. The second kappa shape index (κ2) is 6.52. The first-order valence-corrected chi connectivity index (χ1v) is 8.76. The van der Waals surface area contributed by atoms with Crippen LogP contribution in [0.5, 0.6) is 5.75 Å². The van der Waals surface area contributed by atoms with Crippen LogP contribution in [0, 0.1) is 6.92 Å². The number of rotatable bonds is 5. The normalized spacial score (nSPS) is 22.2. The van der Waals surface area contributed by atoms with Gasteiger partial charge in [0.05, 0.1) is 7.11 Å². The molecule has 0 radical (unpaired) electrons. The molecular formula is C21H22O4. The average Bonchev–Trinajstić information content (AvgIpc) is 3.39. The zero-order valence-corrected chi connectivity index (χ0v) is 14.5. The van der Waals surface area contributed by atoms with E-state index in [9.17, 15) is 4.79 Å². The maximum Gasteiger partial charge on any atom is 0.338 e. The number of epoxide rings is 1. The number of esters is 1. The minimum atomic E-state index is -0.488.